The minimum atomic E-state index is -0.453. The van der Waals surface area contributed by atoms with Crippen molar-refractivity contribution in [2.24, 2.45) is 38.9 Å². The van der Waals surface area contributed by atoms with E-state index < -0.39 is 5.60 Å². The third-order valence-corrected chi connectivity index (χ3v) is 3.44. The van der Waals surface area contributed by atoms with Crippen LogP contribution in [0.3, 0.4) is 0 Å². The third kappa shape index (κ3) is 3.02. The van der Waals surface area contributed by atoms with Crippen molar-refractivity contribution in [3.8, 4) is 0 Å². The Bertz CT molecular complexity index is 414. The number of nitrogens with zero attached hydrogens (tertiary/aromatic N) is 4. The van der Waals surface area contributed by atoms with Crippen molar-refractivity contribution in [3.63, 3.8) is 0 Å². The summed E-state index contributed by atoms with van der Waals surface area (Å²) < 4.78 is 5.34. The molecule has 0 spiro atoms. The van der Waals surface area contributed by atoms with Gasteiger partial charge >= 0.3 is 6.09 Å². The van der Waals surface area contributed by atoms with Gasteiger partial charge in [-0.3, -0.25) is 0 Å². The van der Waals surface area contributed by atoms with Crippen molar-refractivity contribution in [1.82, 2.24) is 4.90 Å². The van der Waals surface area contributed by atoms with Crippen LogP contribution in [0.2, 0.25) is 0 Å². The van der Waals surface area contributed by atoms with E-state index in [0.29, 0.717) is 30.8 Å². The number of fused-ring (bicyclic) bond motifs is 1. The zero-order chi connectivity index (χ0) is 14.2. The molecular weight excluding hydrogens is 246 g/mol. The molecule has 0 aromatic carbocycles. The Morgan fingerprint density at radius 1 is 1.32 bits per heavy atom. The van der Waals surface area contributed by atoms with Gasteiger partial charge in [-0.1, -0.05) is 0 Å². The van der Waals surface area contributed by atoms with Gasteiger partial charge in [0.15, 0.2) is 0 Å². The number of ether oxygens (including phenoxy) is 1. The Hall–Kier alpha value is -1.66. The van der Waals surface area contributed by atoms with E-state index in [1.54, 1.807) is 11.9 Å². The van der Waals surface area contributed by atoms with Crippen LogP contribution >= 0.6 is 0 Å². The molecule has 7 heteroatoms. The summed E-state index contributed by atoms with van der Waals surface area (Å²) in [5.41, 5.74) is 5.39. The van der Waals surface area contributed by atoms with Gasteiger partial charge < -0.3 is 15.4 Å². The first-order chi connectivity index (χ1) is 8.83. The molecular formula is C12H21N5O2. The Morgan fingerprint density at radius 2 is 1.89 bits per heavy atom. The number of amides is 1. The first kappa shape index (κ1) is 13.8. The van der Waals surface area contributed by atoms with Gasteiger partial charge in [-0.25, -0.2) is 4.79 Å². The van der Waals surface area contributed by atoms with Crippen LogP contribution < -0.4 is 5.73 Å². The number of hydrogen-bond acceptors (Lipinski definition) is 4. The maximum atomic E-state index is 11.9. The standard InChI is InChI=1S/C12H21N5O2/c1-12(2,3)19-11(18)17-5-7-8(6-17)9(7)10(13)15-16-14-4/h7-9H,5-6H2,1-4H3,(H2,13,14,15)/t7-,8+,9?. The van der Waals surface area contributed by atoms with E-state index >= 15 is 0 Å². The number of nitrogens with two attached hydrogens (primary N) is 1. The molecule has 0 aromatic heterocycles. The summed E-state index contributed by atoms with van der Waals surface area (Å²) in [6.07, 6.45) is -0.248. The number of amidine groups is 1. The minimum absolute atomic E-state index is 0.240. The lowest BCUT2D eigenvalue weighted by Gasteiger charge is -2.25. The summed E-state index contributed by atoms with van der Waals surface area (Å²) in [5, 5.41) is 10.9. The maximum absolute atomic E-state index is 11.9. The largest absolute Gasteiger partial charge is 0.444 e. The number of piperidine rings is 1. The summed E-state index contributed by atoms with van der Waals surface area (Å²) in [5.74, 6) is 1.54. The van der Waals surface area contributed by atoms with Crippen LogP contribution in [0.15, 0.2) is 15.4 Å². The maximum Gasteiger partial charge on any atom is 0.410 e. The van der Waals surface area contributed by atoms with E-state index in [2.05, 4.69) is 15.4 Å². The smallest absolute Gasteiger partial charge is 0.410 e. The van der Waals surface area contributed by atoms with E-state index in [4.69, 9.17) is 10.5 Å². The van der Waals surface area contributed by atoms with E-state index in [0.717, 1.165) is 0 Å². The van der Waals surface area contributed by atoms with Gasteiger partial charge in [0.05, 0.1) is 7.05 Å². The first-order valence-corrected chi connectivity index (χ1v) is 6.43. The van der Waals surface area contributed by atoms with Gasteiger partial charge in [0.25, 0.3) is 0 Å². The molecule has 1 amide bonds. The fourth-order valence-electron chi connectivity index (χ4n) is 2.60. The van der Waals surface area contributed by atoms with Crippen molar-refractivity contribution in [2.45, 2.75) is 26.4 Å². The van der Waals surface area contributed by atoms with Crippen LogP contribution in [0.5, 0.6) is 0 Å². The number of likely N-dealkylation sites (tertiary alicyclic amines) is 1. The number of rotatable bonds is 2. The van der Waals surface area contributed by atoms with Crippen molar-refractivity contribution >= 4 is 11.9 Å². The molecule has 1 saturated heterocycles. The van der Waals surface area contributed by atoms with Crippen LogP contribution in [0.1, 0.15) is 20.8 Å². The molecule has 0 radical (unpaired) electrons. The van der Waals surface area contributed by atoms with E-state index in [9.17, 15) is 4.79 Å². The molecule has 7 nitrogen and oxygen atoms in total. The van der Waals surface area contributed by atoms with E-state index in [1.165, 1.54) is 0 Å². The summed E-state index contributed by atoms with van der Waals surface area (Å²) in [6.45, 7) is 6.97. The fourth-order valence-corrected chi connectivity index (χ4v) is 2.60. The summed E-state index contributed by atoms with van der Waals surface area (Å²) in [4.78, 5) is 13.6. The fraction of sp³-hybridized carbons (Fsp3) is 0.833. The van der Waals surface area contributed by atoms with Gasteiger partial charge in [-0.05, 0) is 37.8 Å². The second-order valence-electron chi connectivity index (χ2n) is 6.05. The van der Waals surface area contributed by atoms with Gasteiger partial charge in [0.2, 0.25) is 0 Å². The Morgan fingerprint density at radius 3 is 2.37 bits per heavy atom. The molecule has 1 aliphatic heterocycles. The average Bonchev–Trinajstić information content (AvgIpc) is 2.78. The molecule has 19 heavy (non-hydrogen) atoms. The molecule has 1 unspecified atom stereocenters. The Balaban J connectivity index is 1.85. The minimum Gasteiger partial charge on any atom is -0.444 e. The van der Waals surface area contributed by atoms with Crippen LogP contribution in [0.25, 0.3) is 0 Å². The first-order valence-electron chi connectivity index (χ1n) is 6.43. The van der Waals surface area contributed by atoms with Gasteiger partial charge in [-0.15, -0.1) is 5.10 Å². The molecule has 0 bridgehead atoms. The monoisotopic (exact) mass is 267 g/mol. The van der Waals surface area contributed by atoms with Gasteiger partial charge in [0, 0.05) is 19.0 Å². The molecule has 3 atom stereocenters. The summed E-state index contributed by atoms with van der Waals surface area (Å²) >= 11 is 0. The van der Waals surface area contributed by atoms with Crippen LogP contribution in [-0.4, -0.2) is 42.6 Å². The van der Waals surface area contributed by atoms with Crippen molar-refractivity contribution in [1.29, 1.82) is 0 Å². The molecule has 0 aromatic rings. The predicted molar refractivity (Wildman–Crippen MR) is 70.7 cm³/mol. The van der Waals surface area contributed by atoms with Gasteiger partial charge in [-0.2, -0.15) is 5.11 Å². The molecule has 2 aliphatic rings. The normalized spacial score (nSPS) is 30.6. The molecule has 2 N–H and O–H groups in total. The summed E-state index contributed by atoms with van der Waals surface area (Å²) in [7, 11) is 1.55. The van der Waals surface area contributed by atoms with Crippen LogP contribution in [0, 0.1) is 17.8 Å². The molecule has 106 valence electrons. The number of hydrogen-bond donors (Lipinski definition) is 1. The molecule has 1 heterocycles. The topological polar surface area (TPSA) is 92.6 Å². The Labute approximate surface area is 112 Å². The zero-order valence-electron chi connectivity index (χ0n) is 11.8. The summed E-state index contributed by atoms with van der Waals surface area (Å²) in [6, 6.07) is 0. The lowest BCUT2D eigenvalue weighted by atomic mass is 10.2. The molecule has 2 rings (SSSR count). The highest BCUT2D eigenvalue weighted by molar-refractivity contribution is 5.86. The predicted octanol–water partition coefficient (Wildman–Crippen LogP) is 1.45. The zero-order valence-corrected chi connectivity index (χ0v) is 11.8. The SMILES string of the molecule is CN=NN=C(N)C1[C@H]2CN(C(=O)OC(C)(C)C)C[C@@H]12. The highest BCUT2D eigenvalue weighted by Crippen LogP contribution is 2.51. The lowest BCUT2D eigenvalue weighted by Crippen LogP contribution is -2.38. The molecule has 1 saturated carbocycles. The number of carbonyl (C=O) groups excluding carboxylic acids is 1. The second-order valence-corrected chi connectivity index (χ2v) is 6.05. The van der Waals surface area contributed by atoms with Crippen LogP contribution in [0.4, 0.5) is 4.79 Å². The molecule has 1 aliphatic carbocycles. The molecule has 2 fully saturated rings. The average molecular weight is 267 g/mol. The highest BCUT2D eigenvalue weighted by atomic mass is 16.6. The van der Waals surface area contributed by atoms with Gasteiger partial charge in [0.1, 0.15) is 11.4 Å². The van der Waals surface area contributed by atoms with Crippen LogP contribution in [-0.2, 0) is 4.74 Å². The Kier molecular flexibility index (Phi) is 3.47. The van der Waals surface area contributed by atoms with Crippen molar-refractivity contribution in [3.05, 3.63) is 0 Å². The van der Waals surface area contributed by atoms with Crippen molar-refractivity contribution < 1.29 is 9.53 Å². The highest BCUT2D eigenvalue weighted by Gasteiger charge is 2.59. The third-order valence-electron chi connectivity index (χ3n) is 3.44. The number of carbonyl (C=O) groups is 1. The van der Waals surface area contributed by atoms with E-state index in [1.807, 2.05) is 20.8 Å². The van der Waals surface area contributed by atoms with Crippen molar-refractivity contribution in [2.75, 3.05) is 20.1 Å². The second kappa shape index (κ2) is 4.79. The lowest BCUT2D eigenvalue weighted by molar-refractivity contribution is 0.0270. The van der Waals surface area contributed by atoms with E-state index in [-0.39, 0.29) is 12.0 Å². The quantitative estimate of drug-likeness (QED) is 0.355.